The van der Waals surface area contributed by atoms with Gasteiger partial charge in [0.25, 0.3) is 0 Å². The summed E-state index contributed by atoms with van der Waals surface area (Å²) in [7, 11) is 1.72. The predicted molar refractivity (Wildman–Crippen MR) is 92.8 cm³/mol. The molecule has 0 fully saturated rings. The third kappa shape index (κ3) is 3.86. The quantitative estimate of drug-likeness (QED) is 0.783. The van der Waals surface area contributed by atoms with Crippen molar-refractivity contribution >= 4 is 21.6 Å². The Bertz CT molecular complexity index is 625. The lowest BCUT2D eigenvalue weighted by atomic mass is 10.0. The van der Waals surface area contributed by atoms with E-state index in [9.17, 15) is 0 Å². The van der Waals surface area contributed by atoms with E-state index < -0.39 is 0 Å². The summed E-state index contributed by atoms with van der Waals surface area (Å²) in [6.07, 6.45) is 0. The maximum atomic E-state index is 5.30. The number of aryl methyl sites for hydroxylation is 2. The van der Waals surface area contributed by atoms with Crippen LogP contribution in [0.2, 0.25) is 0 Å². The first kappa shape index (κ1) is 16.1. The molecule has 0 aliphatic carbocycles. The van der Waals surface area contributed by atoms with Crippen molar-refractivity contribution in [2.45, 2.75) is 33.4 Å². The van der Waals surface area contributed by atoms with Crippen molar-refractivity contribution in [2.75, 3.05) is 12.4 Å². The zero-order valence-corrected chi connectivity index (χ0v) is 14.6. The number of rotatable bonds is 5. The molecule has 1 atom stereocenters. The van der Waals surface area contributed by atoms with E-state index in [1.807, 2.05) is 12.1 Å². The predicted octanol–water partition coefficient (Wildman–Crippen LogP) is 5.39. The number of anilines is 1. The number of hydrogen-bond donors (Lipinski definition) is 1. The first-order valence-electron chi connectivity index (χ1n) is 7.13. The first-order valence-corrected chi connectivity index (χ1v) is 7.92. The van der Waals surface area contributed by atoms with Gasteiger partial charge in [0.05, 0.1) is 6.61 Å². The van der Waals surface area contributed by atoms with Gasteiger partial charge in [0.1, 0.15) is 0 Å². The van der Waals surface area contributed by atoms with Crippen molar-refractivity contribution in [3.05, 3.63) is 63.1 Å². The fourth-order valence-corrected chi connectivity index (χ4v) is 2.82. The molecule has 2 aromatic carbocycles. The van der Waals surface area contributed by atoms with Gasteiger partial charge in [-0.15, -0.1) is 0 Å². The minimum absolute atomic E-state index is 0.245. The van der Waals surface area contributed by atoms with Crippen molar-refractivity contribution in [3.63, 3.8) is 0 Å². The molecule has 0 aromatic heterocycles. The molecule has 0 saturated carbocycles. The van der Waals surface area contributed by atoms with Crippen LogP contribution in [0.1, 0.15) is 35.2 Å². The summed E-state index contributed by atoms with van der Waals surface area (Å²) < 4.78 is 6.37. The largest absolute Gasteiger partial charge is 0.380 e. The molecule has 3 heteroatoms. The van der Waals surface area contributed by atoms with Crippen LogP contribution in [-0.4, -0.2) is 7.11 Å². The van der Waals surface area contributed by atoms with Gasteiger partial charge >= 0.3 is 0 Å². The highest BCUT2D eigenvalue weighted by Gasteiger charge is 2.11. The van der Waals surface area contributed by atoms with Gasteiger partial charge in [-0.1, -0.05) is 40.2 Å². The van der Waals surface area contributed by atoms with Crippen molar-refractivity contribution < 1.29 is 4.74 Å². The number of nitrogens with one attached hydrogen (secondary N) is 1. The zero-order valence-electron chi connectivity index (χ0n) is 13.0. The molecule has 0 spiro atoms. The summed E-state index contributed by atoms with van der Waals surface area (Å²) in [6.45, 7) is 7.06. The second kappa shape index (κ2) is 7.10. The van der Waals surface area contributed by atoms with E-state index in [-0.39, 0.29) is 6.04 Å². The molecule has 0 saturated heterocycles. The average Bonchev–Trinajstić information content (AvgIpc) is 2.45. The van der Waals surface area contributed by atoms with Gasteiger partial charge in [-0.3, -0.25) is 0 Å². The Morgan fingerprint density at radius 3 is 2.57 bits per heavy atom. The van der Waals surface area contributed by atoms with E-state index in [0.717, 1.165) is 15.7 Å². The summed E-state index contributed by atoms with van der Waals surface area (Å²) in [5.41, 5.74) is 6.20. The van der Waals surface area contributed by atoms with Gasteiger partial charge in [-0.25, -0.2) is 0 Å². The second-order valence-corrected chi connectivity index (χ2v) is 6.26. The Kier molecular flexibility index (Phi) is 5.43. The van der Waals surface area contributed by atoms with Gasteiger partial charge in [0.15, 0.2) is 0 Å². The topological polar surface area (TPSA) is 21.3 Å². The molecule has 0 aliphatic heterocycles. The lowest BCUT2D eigenvalue weighted by Gasteiger charge is -2.20. The number of methoxy groups -OCH3 is 1. The first-order chi connectivity index (χ1) is 10.0. The highest BCUT2D eigenvalue weighted by Crippen LogP contribution is 2.29. The summed E-state index contributed by atoms with van der Waals surface area (Å²) in [4.78, 5) is 0. The third-order valence-electron chi connectivity index (χ3n) is 3.81. The van der Waals surface area contributed by atoms with Gasteiger partial charge in [0, 0.05) is 28.9 Å². The summed E-state index contributed by atoms with van der Waals surface area (Å²) >= 11 is 3.60. The summed E-state index contributed by atoms with van der Waals surface area (Å²) in [5, 5.41) is 3.59. The van der Waals surface area contributed by atoms with Crippen LogP contribution in [0.15, 0.2) is 40.9 Å². The maximum Gasteiger partial charge on any atom is 0.0744 e. The van der Waals surface area contributed by atoms with Gasteiger partial charge in [-0.05, 0) is 49.6 Å². The van der Waals surface area contributed by atoms with Crippen LogP contribution in [0.5, 0.6) is 0 Å². The lowest BCUT2D eigenvalue weighted by Crippen LogP contribution is -2.09. The highest BCUT2D eigenvalue weighted by molar-refractivity contribution is 9.10. The summed E-state index contributed by atoms with van der Waals surface area (Å²) in [6, 6.07) is 13.0. The van der Waals surface area contributed by atoms with E-state index in [1.165, 1.54) is 16.7 Å². The van der Waals surface area contributed by atoms with Crippen LogP contribution in [0.25, 0.3) is 0 Å². The molecule has 2 nitrogen and oxygen atoms in total. The molecule has 0 amide bonds. The lowest BCUT2D eigenvalue weighted by molar-refractivity contribution is 0.185. The molecule has 0 heterocycles. The van der Waals surface area contributed by atoms with Gasteiger partial charge < -0.3 is 10.1 Å². The van der Waals surface area contributed by atoms with Gasteiger partial charge in [0.2, 0.25) is 0 Å². The minimum atomic E-state index is 0.245. The van der Waals surface area contributed by atoms with Crippen molar-refractivity contribution in [1.82, 2.24) is 0 Å². The third-order valence-corrected chi connectivity index (χ3v) is 4.55. The number of benzene rings is 2. The standard InChI is InChI=1S/C18H22BrNO/c1-12-8-9-15(10-13(12)2)14(3)20-18-7-5-6-17(19)16(18)11-21-4/h5-10,14,20H,11H2,1-4H3. The maximum absolute atomic E-state index is 5.30. The van der Waals surface area contributed by atoms with E-state index in [1.54, 1.807) is 7.11 Å². The average molecular weight is 348 g/mol. The monoisotopic (exact) mass is 347 g/mol. The fourth-order valence-electron chi connectivity index (χ4n) is 2.34. The van der Waals surface area contributed by atoms with Crippen LogP contribution in [-0.2, 0) is 11.3 Å². The van der Waals surface area contributed by atoms with Crippen LogP contribution in [0.4, 0.5) is 5.69 Å². The molecule has 2 aromatic rings. The second-order valence-electron chi connectivity index (χ2n) is 5.41. The Morgan fingerprint density at radius 2 is 1.90 bits per heavy atom. The molecule has 1 unspecified atom stereocenters. The van der Waals surface area contributed by atoms with Gasteiger partial charge in [-0.2, -0.15) is 0 Å². The van der Waals surface area contributed by atoms with E-state index in [4.69, 9.17) is 4.74 Å². The molecule has 112 valence electrons. The molecule has 0 radical (unpaired) electrons. The molecular formula is C18H22BrNO. The molecule has 1 N–H and O–H groups in total. The smallest absolute Gasteiger partial charge is 0.0744 e. The van der Waals surface area contributed by atoms with E-state index in [2.05, 4.69) is 66.3 Å². The number of halogens is 1. The summed E-state index contributed by atoms with van der Waals surface area (Å²) in [5.74, 6) is 0. The van der Waals surface area contributed by atoms with Crippen LogP contribution >= 0.6 is 15.9 Å². The highest BCUT2D eigenvalue weighted by atomic mass is 79.9. The molecular weight excluding hydrogens is 326 g/mol. The normalized spacial score (nSPS) is 12.2. The van der Waals surface area contributed by atoms with Crippen molar-refractivity contribution in [1.29, 1.82) is 0 Å². The van der Waals surface area contributed by atoms with Crippen LogP contribution < -0.4 is 5.32 Å². The Morgan fingerprint density at radius 1 is 1.14 bits per heavy atom. The van der Waals surface area contributed by atoms with E-state index in [0.29, 0.717) is 6.61 Å². The Labute approximate surface area is 135 Å². The Balaban J connectivity index is 2.24. The molecule has 0 bridgehead atoms. The fraction of sp³-hybridized carbons (Fsp3) is 0.333. The minimum Gasteiger partial charge on any atom is -0.380 e. The molecule has 2 rings (SSSR count). The number of hydrogen-bond acceptors (Lipinski definition) is 2. The van der Waals surface area contributed by atoms with E-state index >= 15 is 0 Å². The van der Waals surface area contributed by atoms with Crippen LogP contribution in [0, 0.1) is 13.8 Å². The van der Waals surface area contributed by atoms with Crippen LogP contribution in [0.3, 0.4) is 0 Å². The Hall–Kier alpha value is -1.32. The number of ether oxygens (including phenoxy) is 1. The molecule has 0 aliphatic rings. The SMILES string of the molecule is COCc1c(Br)cccc1NC(C)c1ccc(C)c(C)c1. The zero-order chi connectivity index (χ0) is 15.4. The van der Waals surface area contributed by atoms with Crippen molar-refractivity contribution in [3.8, 4) is 0 Å². The molecule has 21 heavy (non-hydrogen) atoms. The van der Waals surface area contributed by atoms with Crippen molar-refractivity contribution in [2.24, 2.45) is 0 Å².